The molecule has 3 aromatic carbocycles. The summed E-state index contributed by atoms with van der Waals surface area (Å²) in [5.74, 6) is -0.690. The molecule has 15 aromatic rings. The summed E-state index contributed by atoms with van der Waals surface area (Å²) >= 11 is 5.02. The minimum atomic E-state index is -0.598. The van der Waals surface area contributed by atoms with Crippen molar-refractivity contribution in [1.82, 2.24) is 77.9 Å². The van der Waals surface area contributed by atoms with Crippen molar-refractivity contribution in [2.24, 2.45) is 0 Å². The van der Waals surface area contributed by atoms with Gasteiger partial charge in [0.25, 0.3) is 22.2 Å². The van der Waals surface area contributed by atoms with Gasteiger partial charge in [0.1, 0.15) is 22.6 Å². The molecule has 4 atom stereocenters. The zero-order valence-corrected chi connectivity index (χ0v) is 67.7. The highest BCUT2D eigenvalue weighted by Crippen LogP contribution is 2.32. The molecule has 4 saturated heterocycles. The van der Waals surface area contributed by atoms with Gasteiger partial charge in [-0.15, -0.1) is 34.0 Å². The Balaban J connectivity index is 0.000000115. The molecule has 0 aliphatic carbocycles. The molecule has 0 bridgehead atoms. The van der Waals surface area contributed by atoms with Crippen molar-refractivity contribution in [2.45, 2.75) is 79.1 Å². The molecule has 4 fully saturated rings. The Bertz CT molecular complexity index is 6370. The molecular weight excluding hydrogens is 1500 g/mol. The van der Waals surface area contributed by atoms with Gasteiger partial charge < -0.3 is 44.8 Å². The number of aromatic nitrogens is 12. The van der Waals surface area contributed by atoms with Crippen molar-refractivity contribution >= 4 is 110 Å². The van der Waals surface area contributed by atoms with Crippen LogP contribution in [-0.4, -0.2) is 191 Å². The van der Waals surface area contributed by atoms with E-state index >= 15 is 0 Å². The number of hydrogen-bond donors (Lipinski definition) is 2. The highest BCUT2D eigenvalue weighted by molar-refractivity contribution is 7.19. The molecule has 0 unspecified atom stereocenters. The van der Waals surface area contributed by atoms with Gasteiger partial charge in [0, 0.05) is 174 Å². The fourth-order valence-corrected chi connectivity index (χ4v) is 17.9. The summed E-state index contributed by atoms with van der Waals surface area (Å²) < 4.78 is 28.7. The van der Waals surface area contributed by atoms with Crippen molar-refractivity contribution in [1.29, 1.82) is 0 Å². The summed E-state index contributed by atoms with van der Waals surface area (Å²) in [7, 11) is 5.64. The molecule has 2 N–H and O–H groups in total. The quantitative estimate of drug-likeness (QED) is 0.136. The van der Waals surface area contributed by atoms with E-state index in [1.54, 1.807) is 65.4 Å². The minimum Gasteiger partial charge on any atom is -0.479 e. The Labute approximate surface area is 669 Å². The molecule has 25 nitrogen and oxygen atoms in total. The summed E-state index contributed by atoms with van der Waals surface area (Å²) in [6.45, 7) is 26.4. The fraction of sp³-hybridized carbons (Fsp3) is 0.318. The van der Waals surface area contributed by atoms with Crippen LogP contribution >= 0.6 is 34.0 Å². The number of nitrogens with zero attached hydrogens (tertiary/aromatic N) is 18. The number of fused-ring (bicyclic) bond motifs is 7. The maximum atomic E-state index is 14.0. The number of hydrogen-bond acceptors (Lipinski definition) is 24. The minimum absolute atomic E-state index is 0.0617. The Hall–Kier alpha value is -11.3. The van der Waals surface area contributed by atoms with E-state index in [1.165, 1.54) is 29.8 Å². The maximum Gasteiger partial charge on any atom is 0.258 e. The first-order chi connectivity index (χ1) is 55.0. The predicted octanol–water partition coefficient (Wildman–Crippen LogP) is 12.0. The van der Waals surface area contributed by atoms with E-state index in [4.69, 9.17) is 19.7 Å². The topological polar surface area (TPSA) is 242 Å². The van der Waals surface area contributed by atoms with E-state index in [1.807, 2.05) is 112 Å². The van der Waals surface area contributed by atoms with E-state index < -0.39 is 5.82 Å². The molecule has 114 heavy (non-hydrogen) atoms. The van der Waals surface area contributed by atoms with E-state index in [9.17, 15) is 23.6 Å². The van der Waals surface area contributed by atoms with E-state index in [0.717, 1.165) is 170 Å². The lowest BCUT2D eigenvalue weighted by Gasteiger charge is -2.37. The number of likely N-dealkylation sites (N-methyl/N-ethyl adjacent to an activating group) is 2. The summed E-state index contributed by atoms with van der Waals surface area (Å²) in [5, 5.41) is 10.1. The summed E-state index contributed by atoms with van der Waals surface area (Å²) in [6, 6.07) is 43.1. The summed E-state index contributed by atoms with van der Waals surface area (Å²) in [4.78, 5) is 101. The van der Waals surface area contributed by atoms with Crippen LogP contribution in [0.15, 0.2) is 184 Å². The third-order valence-corrected chi connectivity index (χ3v) is 23.9. The van der Waals surface area contributed by atoms with Crippen LogP contribution < -0.4 is 57.2 Å². The zero-order chi connectivity index (χ0) is 79.2. The Kier molecular flexibility index (Phi) is 22.0. The number of thiazole rings is 3. The summed E-state index contributed by atoms with van der Waals surface area (Å²) in [5.41, 5.74) is 14.7. The monoisotopic (exact) mass is 1580 g/mol. The molecule has 4 aliphatic rings. The molecule has 4 aliphatic heterocycles. The standard InChI is InChI=1S/2C22H23N5OS.C21H21N5OS.C20H22FN5O2/c1-13-10-26(11-14(2)23-13)17-5-7-21-25-18(9-22(28)27(21)12-17)16-4-6-20-19(8-16)24-15(3)29-20;1-15-23-19-12-16(4-6-20(19)29-15)18-13-22(28)27-14-17(5-7-21(27)24-18)26-9-3-8-25(2)10-11-26;1-14-22-18-11-15(3-5-19(18)28-14)17-12-21(27)26-13-16(4-6-20(26)23-17)25-9-7-24(2)8-10-25;1-12-9-25(10-13(2)23-12)15-4-5-18-24-17(7-19(27)26(18)11-15)14-6-16(21)20(28-3)22-8-14/h4-9,12-14,23H,10-11H2,1-3H3;4-7,12-14H,3,8-11H2,1-2H3;3-6,11-13H,7-10H2,1-2H3;4-8,11-13,23H,9-10H2,1-3H3/t13-,14+;;;12-,13+. The third kappa shape index (κ3) is 16.9. The fourth-order valence-electron chi connectivity index (χ4n) is 15.5. The molecule has 0 amide bonds. The van der Waals surface area contributed by atoms with E-state index in [-0.39, 0.29) is 28.1 Å². The van der Waals surface area contributed by atoms with Crippen molar-refractivity contribution in [3.8, 4) is 50.9 Å². The zero-order valence-electron chi connectivity index (χ0n) is 65.3. The number of halogens is 1. The average Bonchev–Trinajstić information content (AvgIpc) is 1.16. The average molecular weight is 1590 g/mol. The number of anilines is 4. The number of piperazine rings is 3. The Morgan fingerprint density at radius 1 is 0.386 bits per heavy atom. The predicted molar refractivity (Wildman–Crippen MR) is 458 cm³/mol. The number of rotatable bonds is 9. The van der Waals surface area contributed by atoms with Gasteiger partial charge in [-0.3, -0.25) is 36.8 Å². The number of nitrogens with one attached hydrogen (secondary N) is 2. The van der Waals surface area contributed by atoms with Crippen molar-refractivity contribution in [2.75, 3.05) is 119 Å². The highest BCUT2D eigenvalue weighted by atomic mass is 32.1. The Morgan fingerprint density at radius 3 is 1.05 bits per heavy atom. The number of methoxy groups -OCH3 is 1. The first kappa shape index (κ1) is 76.7. The van der Waals surface area contributed by atoms with Crippen LogP contribution in [0.25, 0.3) is 98.3 Å². The van der Waals surface area contributed by atoms with Crippen LogP contribution in [0.2, 0.25) is 0 Å². The van der Waals surface area contributed by atoms with Crippen LogP contribution in [0.4, 0.5) is 27.1 Å². The van der Waals surface area contributed by atoms with Crippen LogP contribution in [0.5, 0.6) is 5.88 Å². The van der Waals surface area contributed by atoms with Crippen molar-refractivity contribution < 1.29 is 9.13 Å². The molecule has 19 rings (SSSR count). The van der Waals surface area contributed by atoms with E-state index in [2.05, 4.69) is 143 Å². The molecule has 0 saturated carbocycles. The second-order valence-electron chi connectivity index (χ2n) is 30.0. The van der Waals surface area contributed by atoms with Gasteiger partial charge in [0.2, 0.25) is 5.88 Å². The van der Waals surface area contributed by atoms with Gasteiger partial charge in [0.15, 0.2) is 5.82 Å². The van der Waals surface area contributed by atoms with Gasteiger partial charge in [-0.1, -0.05) is 18.2 Å². The van der Waals surface area contributed by atoms with Gasteiger partial charge in [-0.2, -0.15) is 0 Å². The second kappa shape index (κ2) is 32.7. The molecular formula is C85H89FN20O5S3. The molecule has 0 spiro atoms. The second-order valence-corrected chi connectivity index (χ2v) is 33.7. The van der Waals surface area contributed by atoms with Gasteiger partial charge >= 0.3 is 0 Å². The normalized spacial score (nSPS) is 17.8. The smallest absolute Gasteiger partial charge is 0.258 e. The van der Waals surface area contributed by atoms with Crippen molar-refractivity contribution in [3.05, 3.63) is 227 Å². The van der Waals surface area contributed by atoms with Gasteiger partial charge in [0.05, 0.1) is 98.3 Å². The van der Waals surface area contributed by atoms with Crippen LogP contribution in [-0.2, 0) is 0 Å². The lowest BCUT2D eigenvalue weighted by atomic mass is 10.1. The molecule has 584 valence electrons. The highest BCUT2D eigenvalue weighted by Gasteiger charge is 2.25. The molecule has 16 heterocycles. The van der Waals surface area contributed by atoms with Gasteiger partial charge in [-0.25, -0.2) is 44.3 Å². The van der Waals surface area contributed by atoms with Crippen LogP contribution in [0.3, 0.4) is 0 Å². The lowest BCUT2D eigenvalue weighted by molar-refractivity contribution is 0.313. The van der Waals surface area contributed by atoms with Crippen molar-refractivity contribution in [3.63, 3.8) is 0 Å². The molecule has 12 aromatic heterocycles. The number of benzene rings is 3. The van der Waals surface area contributed by atoms with Gasteiger partial charge in [-0.05, 0) is 167 Å². The number of ether oxygens (including phenoxy) is 1. The number of aryl methyl sites for hydroxylation is 3. The Morgan fingerprint density at radius 2 is 0.711 bits per heavy atom. The van der Waals surface area contributed by atoms with Crippen LogP contribution in [0.1, 0.15) is 49.1 Å². The largest absolute Gasteiger partial charge is 0.479 e. The summed E-state index contributed by atoms with van der Waals surface area (Å²) in [6.07, 6.45) is 10.1. The van der Waals surface area contributed by atoms with Crippen LogP contribution in [0, 0.1) is 26.6 Å². The molecule has 0 radical (unpaired) electrons. The number of pyridine rings is 5. The first-order valence-corrected chi connectivity index (χ1v) is 40.8. The third-order valence-electron chi connectivity index (χ3n) is 21.0. The maximum absolute atomic E-state index is 14.0. The first-order valence-electron chi connectivity index (χ1n) is 38.4. The lowest BCUT2D eigenvalue weighted by Crippen LogP contribution is -2.54. The molecule has 29 heteroatoms. The SMILES string of the molecule is COc1ncc(-c2cc(=O)n3cc(N4C[C@@H](C)N[C@@H](C)C4)ccc3n2)cc1F.Cc1nc2cc(-c3cc(=O)n4cc(N5CCCN(C)CC5)ccc4n3)ccc2s1.Cc1nc2cc(-c3cc(=O)n4cc(N5CCN(C)CC5)ccc4n3)ccc2s1.Cc1nc2cc(-c3cc(=O)n4cc(N5C[C@@H](C)N[C@@H](C)C5)ccc4n3)ccc2s1. The van der Waals surface area contributed by atoms with E-state index in [0.29, 0.717) is 75.1 Å².